The second kappa shape index (κ2) is 5.55. The van der Waals surface area contributed by atoms with Gasteiger partial charge in [0, 0.05) is 6.61 Å². The Morgan fingerprint density at radius 1 is 1.42 bits per heavy atom. The predicted molar refractivity (Wildman–Crippen MR) is 51.0 cm³/mol. The summed E-state index contributed by atoms with van der Waals surface area (Å²) >= 11 is 0. The normalized spacial score (nSPS) is 21.5. The molecule has 1 unspecified atom stereocenters. The molecular formula is C10H21NO. The van der Waals surface area contributed by atoms with Crippen LogP contribution in [0.2, 0.25) is 0 Å². The van der Waals surface area contributed by atoms with Crippen LogP contribution in [-0.4, -0.2) is 19.8 Å². The number of rotatable bonds is 5. The predicted octanol–water partition coefficient (Wildman–Crippen LogP) is 1.79. The molecule has 0 radical (unpaired) electrons. The molecule has 0 spiro atoms. The van der Waals surface area contributed by atoms with E-state index in [2.05, 4.69) is 6.92 Å². The quantitative estimate of drug-likeness (QED) is 0.684. The third-order valence-electron chi connectivity index (χ3n) is 2.63. The highest BCUT2D eigenvalue weighted by molar-refractivity contribution is 4.66. The van der Waals surface area contributed by atoms with Crippen LogP contribution >= 0.6 is 0 Å². The average Bonchev–Trinajstić information content (AvgIpc) is 2.57. The van der Waals surface area contributed by atoms with Crippen LogP contribution in [0.25, 0.3) is 0 Å². The maximum Gasteiger partial charge on any atom is 0.0503 e. The van der Waals surface area contributed by atoms with Crippen molar-refractivity contribution in [2.75, 3.05) is 19.8 Å². The van der Waals surface area contributed by atoms with Gasteiger partial charge in [0.1, 0.15) is 0 Å². The van der Waals surface area contributed by atoms with Gasteiger partial charge in [0.15, 0.2) is 0 Å². The smallest absolute Gasteiger partial charge is 0.0503 e. The fourth-order valence-corrected chi connectivity index (χ4v) is 1.68. The van der Waals surface area contributed by atoms with Gasteiger partial charge in [0.25, 0.3) is 0 Å². The minimum atomic E-state index is 0.520. The van der Waals surface area contributed by atoms with Gasteiger partial charge in [-0.15, -0.1) is 0 Å². The summed E-state index contributed by atoms with van der Waals surface area (Å²) in [6, 6.07) is 0. The van der Waals surface area contributed by atoms with Crippen molar-refractivity contribution in [1.82, 2.24) is 0 Å². The molecule has 0 aromatic heterocycles. The second-order valence-electron chi connectivity index (χ2n) is 4.03. The molecule has 2 nitrogen and oxygen atoms in total. The van der Waals surface area contributed by atoms with Crippen molar-refractivity contribution in [3.05, 3.63) is 0 Å². The Bertz CT molecular complexity index is 110. The molecule has 0 aromatic rings. The van der Waals surface area contributed by atoms with E-state index in [0.717, 1.165) is 25.7 Å². The van der Waals surface area contributed by atoms with Crippen LogP contribution < -0.4 is 5.73 Å². The first kappa shape index (κ1) is 10.0. The zero-order valence-corrected chi connectivity index (χ0v) is 8.09. The lowest BCUT2D eigenvalue weighted by Gasteiger charge is -2.12. The monoisotopic (exact) mass is 171 g/mol. The van der Waals surface area contributed by atoms with E-state index < -0.39 is 0 Å². The Labute approximate surface area is 75.5 Å². The summed E-state index contributed by atoms with van der Waals surface area (Å²) < 4.78 is 5.59. The van der Waals surface area contributed by atoms with Crippen LogP contribution in [-0.2, 0) is 4.74 Å². The Hall–Kier alpha value is -0.0800. The summed E-state index contributed by atoms with van der Waals surface area (Å²) in [6.07, 6.45) is 5.55. The summed E-state index contributed by atoms with van der Waals surface area (Å²) in [5.41, 5.74) is 5.49. The highest BCUT2D eigenvalue weighted by Gasteiger charge is 2.14. The zero-order chi connectivity index (χ0) is 8.81. The first-order valence-corrected chi connectivity index (χ1v) is 5.10. The molecule has 0 aromatic carbocycles. The molecule has 2 N–H and O–H groups in total. The summed E-state index contributed by atoms with van der Waals surface area (Å²) in [4.78, 5) is 0. The van der Waals surface area contributed by atoms with E-state index in [1.54, 1.807) is 0 Å². The van der Waals surface area contributed by atoms with Crippen molar-refractivity contribution < 1.29 is 4.74 Å². The third kappa shape index (κ3) is 3.55. The van der Waals surface area contributed by atoms with Crippen molar-refractivity contribution >= 4 is 0 Å². The SMILES string of the molecule is CC(CN)COCC1CCCC1. The van der Waals surface area contributed by atoms with E-state index in [1.807, 2.05) is 0 Å². The topological polar surface area (TPSA) is 35.2 Å². The minimum Gasteiger partial charge on any atom is -0.381 e. The molecule has 0 amide bonds. The van der Waals surface area contributed by atoms with Gasteiger partial charge in [-0.25, -0.2) is 0 Å². The van der Waals surface area contributed by atoms with Gasteiger partial charge in [0.05, 0.1) is 6.61 Å². The van der Waals surface area contributed by atoms with Gasteiger partial charge >= 0.3 is 0 Å². The van der Waals surface area contributed by atoms with Gasteiger partial charge in [-0.3, -0.25) is 0 Å². The molecule has 0 aliphatic heterocycles. The fourth-order valence-electron chi connectivity index (χ4n) is 1.68. The molecule has 0 bridgehead atoms. The van der Waals surface area contributed by atoms with Crippen molar-refractivity contribution in [3.8, 4) is 0 Å². The maximum absolute atomic E-state index is 5.59. The molecule has 1 aliphatic carbocycles. The van der Waals surface area contributed by atoms with Crippen LogP contribution in [0.3, 0.4) is 0 Å². The molecule has 0 saturated heterocycles. The van der Waals surface area contributed by atoms with Gasteiger partial charge < -0.3 is 10.5 Å². The minimum absolute atomic E-state index is 0.520. The highest BCUT2D eigenvalue weighted by atomic mass is 16.5. The molecule has 12 heavy (non-hydrogen) atoms. The van der Waals surface area contributed by atoms with Crippen LogP contribution in [0.4, 0.5) is 0 Å². The first-order chi connectivity index (χ1) is 5.83. The Balaban J connectivity index is 1.94. The molecule has 2 heteroatoms. The molecule has 1 fully saturated rings. The van der Waals surface area contributed by atoms with E-state index in [1.165, 1.54) is 25.7 Å². The zero-order valence-electron chi connectivity index (χ0n) is 8.09. The van der Waals surface area contributed by atoms with Gasteiger partial charge in [0.2, 0.25) is 0 Å². The van der Waals surface area contributed by atoms with Crippen molar-refractivity contribution in [2.45, 2.75) is 32.6 Å². The molecule has 72 valence electrons. The number of nitrogens with two attached hydrogens (primary N) is 1. The van der Waals surface area contributed by atoms with Gasteiger partial charge in [-0.1, -0.05) is 19.8 Å². The summed E-state index contributed by atoms with van der Waals surface area (Å²) in [6.45, 7) is 4.68. The van der Waals surface area contributed by atoms with E-state index >= 15 is 0 Å². The van der Waals surface area contributed by atoms with Gasteiger partial charge in [-0.2, -0.15) is 0 Å². The molecule has 1 saturated carbocycles. The lowest BCUT2D eigenvalue weighted by atomic mass is 10.1. The summed E-state index contributed by atoms with van der Waals surface area (Å²) in [5.74, 6) is 1.36. The fraction of sp³-hybridized carbons (Fsp3) is 1.00. The average molecular weight is 171 g/mol. The van der Waals surface area contributed by atoms with E-state index in [4.69, 9.17) is 10.5 Å². The lowest BCUT2D eigenvalue weighted by molar-refractivity contribution is 0.0790. The Morgan fingerprint density at radius 2 is 2.08 bits per heavy atom. The van der Waals surface area contributed by atoms with Crippen molar-refractivity contribution in [2.24, 2.45) is 17.6 Å². The van der Waals surface area contributed by atoms with E-state index in [0.29, 0.717) is 5.92 Å². The molecule has 0 heterocycles. The maximum atomic E-state index is 5.59. The first-order valence-electron chi connectivity index (χ1n) is 5.10. The Morgan fingerprint density at radius 3 is 2.67 bits per heavy atom. The molecular weight excluding hydrogens is 150 g/mol. The summed E-state index contributed by atoms with van der Waals surface area (Å²) in [7, 11) is 0. The third-order valence-corrected chi connectivity index (χ3v) is 2.63. The van der Waals surface area contributed by atoms with Crippen molar-refractivity contribution in [1.29, 1.82) is 0 Å². The highest BCUT2D eigenvalue weighted by Crippen LogP contribution is 2.24. The molecule has 1 atom stereocenters. The number of hydrogen-bond donors (Lipinski definition) is 1. The van der Waals surface area contributed by atoms with Crippen molar-refractivity contribution in [3.63, 3.8) is 0 Å². The number of hydrogen-bond acceptors (Lipinski definition) is 2. The van der Waals surface area contributed by atoms with Crippen LogP contribution in [0.1, 0.15) is 32.6 Å². The van der Waals surface area contributed by atoms with Crippen LogP contribution in [0, 0.1) is 11.8 Å². The largest absolute Gasteiger partial charge is 0.381 e. The van der Waals surface area contributed by atoms with Gasteiger partial charge in [-0.05, 0) is 31.2 Å². The van der Waals surface area contributed by atoms with Crippen LogP contribution in [0.15, 0.2) is 0 Å². The standard InChI is InChI=1S/C10H21NO/c1-9(6-11)7-12-8-10-4-2-3-5-10/h9-10H,2-8,11H2,1H3. The summed E-state index contributed by atoms with van der Waals surface area (Å²) in [5, 5.41) is 0. The number of ether oxygens (including phenoxy) is 1. The van der Waals surface area contributed by atoms with E-state index in [-0.39, 0.29) is 0 Å². The second-order valence-corrected chi connectivity index (χ2v) is 4.03. The molecule has 1 rings (SSSR count). The van der Waals surface area contributed by atoms with Crippen LogP contribution in [0.5, 0.6) is 0 Å². The molecule has 1 aliphatic rings. The lowest BCUT2D eigenvalue weighted by Crippen LogP contribution is -2.18. The Kier molecular flexibility index (Phi) is 4.62. The van der Waals surface area contributed by atoms with E-state index in [9.17, 15) is 0 Å².